The van der Waals surface area contributed by atoms with Crippen LogP contribution in [0.15, 0.2) is 35.3 Å². The lowest BCUT2D eigenvalue weighted by molar-refractivity contribution is -0.137. The molecule has 1 saturated heterocycles. The second kappa shape index (κ2) is 7.86. The molecule has 0 unspecified atom stereocenters. The summed E-state index contributed by atoms with van der Waals surface area (Å²) >= 11 is 0. The van der Waals surface area contributed by atoms with Gasteiger partial charge in [-0.05, 0) is 36.8 Å². The number of nitriles is 1. The van der Waals surface area contributed by atoms with Crippen LogP contribution in [0.4, 0.5) is 39.1 Å². The van der Waals surface area contributed by atoms with E-state index in [2.05, 4.69) is 10.3 Å². The lowest BCUT2D eigenvalue weighted by atomic mass is 10.0. The second-order valence-electron chi connectivity index (χ2n) is 8.25. The third-order valence-electron chi connectivity index (χ3n) is 5.69. The summed E-state index contributed by atoms with van der Waals surface area (Å²) in [6.07, 6.45) is -3.36. The summed E-state index contributed by atoms with van der Waals surface area (Å²) in [7, 11) is 1.41. The maximum Gasteiger partial charge on any atom is 0.416 e. The third-order valence-corrected chi connectivity index (χ3v) is 5.69. The van der Waals surface area contributed by atoms with E-state index in [0.717, 1.165) is 12.1 Å². The standard InChI is InChI=1S/C22H19F5N6O/c1-11(12-3-14(22(25,26)27)5-15(29)4-12)31-19-16-6-17(33-9-21(23,24)10-33)20(34)32(2)18(16)13(7-28)8-30-19/h3-6,8,11H,9-10,29H2,1-2H3,(H,30,31)/t11-/m1/s1. The van der Waals surface area contributed by atoms with E-state index in [1.165, 1.54) is 34.8 Å². The van der Waals surface area contributed by atoms with Crippen molar-refractivity contribution >= 4 is 28.1 Å². The van der Waals surface area contributed by atoms with E-state index in [4.69, 9.17) is 5.73 Å². The van der Waals surface area contributed by atoms with Crippen LogP contribution in [0.2, 0.25) is 0 Å². The zero-order valence-electron chi connectivity index (χ0n) is 18.0. The number of fused-ring (bicyclic) bond motifs is 1. The summed E-state index contributed by atoms with van der Waals surface area (Å²) in [4.78, 5) is 18.3. The summed E-state index contributed by atoms with van der Waals surface area (Å²) in [5, 5.41) is 12.8. The van der Waals surface area contributed by atoms with E-state index < -0.39 is 42.4 Å². The Bertz CT molecular complexity index is 1380. The summed E-state index contributed by atoms with van der Waals surface area (Å²) in [5.74, 6) is -2.74. The second-order valence-corrected chi connectivity index (χ2v) is 8.25. The van der Waals surface area contributed by atoms with Gasteiger partial charge in [-0.2, -0.15) is 18.4 Å². The number of nitrogens with one attached hydrogen (secondary N) is 1. The first-order valence-electron chi connectivity index (χ1n) is 10.1. The molecule has 1 fully saturated rings. The molecule has 1 atom stereocenters. The number of aryl methyl sites for hydroxylation is 1. The molecule has 3 N–H and O–H groups in total. The Morgan fingerprint density at radius 2 is 1.91 bits per heavy atom. The maximum absolute atomic E-state index is 13.4. The molecule has 0 bridgehead atoms. The van der Waals surface area contributed by atoms with Crippen molar-refractivity contribution in [2.45, 2.75) is 25.1 Å². The molecule has 1 aliphatic rings. The summed E-state index contributed by atoms with van der Waals surface area (Å²) in [6, 6.07) is 5.79. The highest BCUT2D eigenvalue weighted by Crippen LogP contribution is 2.36. The van der Waals surface area contributed by atoms with Crippen LogP contribution in [-0.4, -0.2) is 28.6 Å². The molecule has 0 saturated carbocycles. The van der Waals surface area contributed by atoms with Crippen LogP contribution in [0.25, 0.3) is 10.9 Å². The van der Waals surface area contributed by atoms with Gasteiger partial charge in [0.1, 0.15) is 17.6 Å². The molecule has 178 valence electrons. The van der Waals surface area contributed by atoms with Crippen molar-refractivity contribution in [3.63, 3.8) is 0 Å². The van der Waals surface area contributed by atoms with Gasteiger partial charge in [0.25, 0.3) is 11.5 Å². The van der Waals surface area contributed by atoms with Crippen molar-refractivity contribution in [1.29, 1.82) is 5.26 Å². The predicted octanol–water partition coefficient (Wildman–Crippen LogP) is 4.03. The Balaban J connectivity index is 1.81. The van der Waals surface area contributed by atoms with Gasteiger partial charge in [0, 0.05) is 24.3 Å². The van der Waals surface area contributed by atoms with E-state index in [0.29, 0.717) is 0 Å². The minimum Gasteiger partial charge on any atom is -0.399 e. The largest absolute Gasteiger partial charge is 0.416 e. The molecule has 0 aliphatic carbocycles. The molecular formula is C22H19F5N6O. The number of alkyl halides is 5. The van der Waals surface area contributed by atoms with E-state index in [9.17, 15) is 32.0 Å². The van der Waals surface area contributed by atoms with Crippen molar-refractivity contribution in [3.05, 3.63) is 57.5 Å². The quantitative estimate of drug-likeness (QED) is 0.434. The van der Waals surface area contributed by atoms with Crippen molar-refractivity contribution in [1.82, 2.24) is 9.55 Å². The SMILES string of the molecule is C[C@@H](Nc1ncc(C#N)c2c1cc(N1CC(F)(F)C1)c(=O)n2C)c1cc(N)cc(C(F)(F)F)c1. The van der Waals surface area contributed by atoms with Gasteiger partial charge in [0.05, 0.1) is 35.8 Å². The van der Waals surface area contributed by atoms with Crippen molar-refractivity contribution in [3.8, 4) is 6.07 Å². The number of aromatic nitrogens is 2. The van der Waals surface area contributed by atoms with Gasteiger partial charge in [-0.1, -0.05) is 0 Å². The monoisotopic (exact) mass is 478 g/mol. The van der Waals surface area contributed by atoms with Crippen LogP contribution in [0.3, 0.4) is 0 Å². The Hall–Kier alpha value is -3.88. The normalized spacial score (nSPS) is 16.1. The number of hydrogen-bond acceptors (Lipinski definition) is 6. The number of benzene rings is 1. The molecule has 3 aromatic rings. The Morgan fingerprint density at radius 1 is 1.24 bits per heavy atom. The van der Waals surface area contributed by atoms with E-state index in [-0.39, 0.29) is 39.2 Å². The molecule has 7 nitrogen and oxygen atoms in total. The number of halogens is 5. The average molecular weight is 478 g/mol. The first kappa shape index (κ1) is 23.3. The van der Waals surface area contributed by atoms with Gasteiger partial charge in [-0.25, -0.2) is 13.8 Å². The van der Waals surface area contributed by atoms with Crippen molar-refractivity contribution in [2.24, 2.45) is 7.05 Å². The molecule has 4 rings (SSSR count). The lowest BCUT2D eigenvalue weighted by Gasteiger charge is -2.40. The summed E-state index contributed by atoms with van der Waals surface area (Å²) < 4.78 is 67.7. The number of hydrogen-bond donors (Lipinski definition) is 2. The molecule has 2 aromatic heterocycles. The van der Waals surface area contributed by atoms with Gasteiger partial charge in [0.2, 0.25) is 0 Å². The van der Waals surface area contributed by atoms with Crippen LogP contribution in [-0.2, 0) is 13.2 Å². The molecule has 1 aromatic carbocycles. The minimum atomic E-state index is -4.59. The van der Waals surface area contributed by atoms with Gasteiger partial charge < -0.3 is 20.5 Å². The lowest BCUT2D eigenvalue weighted by Crippen LogP contribution is -2.58. The first-order chi connectivity index (χ1) is 15.8. The number of anilines is 3. The third kappa shape index (κ3) is 4.09. The number of rotatable bonds is 4. The smallest absolute Gasteiger partial charge is 0.399 e. The molecule has 3 heterocycles. The topological polar surface area (TPSA) is 100.0 Å². The highest BCUT2D eigenvalue weighted by Gasteiger charge is 2.45. The Kier molecular flexibility index (Phi) is 5.38. The van der Waals surface area contributed by atoms with Crippen molar-refractivity contribution < 1.29 is 22.0 Å². The minimum absolute atomic E-state index is 0.0110. The van der Waals surface area contributed by atoms with Crippen LogP contribution in [0, 0.1) is 11.3 Å². The molecule has 1 aliphatic heterocycles. The van der Waals surface area contributed by atoms with E-state index in [1.807, 2.05) is 6.07 Å². The summed E-state index contributed by atoms with van der Waals surface area (Å²) in [6.45, 7) is 0.350. The van der Waals surface area contributed by atoms with Gasteiger partial charge in [-0.3, -0.25) is 4.79 Å². The molecule has 0 radical (unpaired) electrons. The maximum atomic E-state index is 13.4. The predicted molar refractivity (Wildman–Crippen MR) is 117 cm³/mol. The van der Waals surface area contributed by atoms with Crippen LogP contribution in [0.5, 0.6) is 0 Å². The molecule has 0 amide bonds. The fourth-order valence-corrected chi connectivity index (χ4v) is 3.97. The van der Waals surface area contributed by atoms with E-state index in [1.54, 1.807) is 6.92 Å². The van der Waals surface area contributed by atoms with Crippen LogP contribution >= 0.6 is 0 Å². The van der Waals surface area contributed by atoms with Gasteiger partial charge in [0.15, 0.2) is 0 Å². The molecule has 0 spiro atoms. The molecule has 34 heavy (non-hydrogen) atoms. The fraction of sp³-hybridized carbons (Fsp3) is 0.318. The fourth-order valence-electron chi connectivity index (χ4n) is 3.97. The van der Waals surface area contributed by atoms with Crippen LogP contribution < -0.4 is 21.5 Å². The number of nitrogens with two attached hydrogens (primary N) is 1. The van der Waals surface area contributed by atoms with E-state index >= 15 is 0 Å². The zero-order valence-corrected chi connectivity index (χ0v) is 18.0. The number of pyridine rings is 2. The Labute approximate surface area is 190 Å². The number of nitrogen functional groups attached to an aromatic ring is 1. The highest BCUT2D eigenvalue weighted by atomic mass is 19.4. The van der Waals surface area contributed by atoms with Crippen LogP contribution in [0.1, 0.15) is 29.7 Å². The van der Waals surface area contributed by atoms with Crippen molar-refractivity contribution in [2.75, 3.05) is 29.0 Å². The molecule has 12 heteroatoms. The average Bonchev–Trinajstić information content (AvgIpc) is 2.73. The zero-order chi connectivity index (χ0) is 25.0. The first-order valence-corrected chi connectivity index (χ1v) is 10.1. The van der Waals surface area contributed by atoms with Gasteiger partial charge >= 0.3 is 6.18 Å². The highest BCUT2D eigenvalue weighted by molar-refractivity contribution is 5.95. The summed E-state index contributed by atoms with van der Waals surface area (Å²) in [5.41, 5.74) is 4.68. The Morgan fingerprint density at radius 3 is 2.50 bits per heavy atom. The number of nitrogens with zero attached hydrogens (tertiary/aromatic N) is 4. The molecular weight excluding hydrogens is 459 g/mol. The van der Waals surface area contributed by atoms with Gasteiger partial charge in [-0.15, -0.1) is 0 Å².